The third-order valence-corrected chi connectivity index (χ3v) is 5.02. The van der Waals surface area contributed by atoms with Crippen molar-refractivity contribution in [3.05, 3.63) is 47.5 Å². The molecule has 1 heterocycles. The Morgan fingerprint density at radius 2 is 2.08 bits per heavy atom. The van der Waals surface area contributed by atoms with Crippen LogP contribution in [-0.2, 0) is 4.79 Å². The van der Waals surface area contributed by atoms with E-state index in [4.69, 9.17) is 9.47 Å². The summed E-state index contributed by atoms with van der Waals surface area (Å²) in [5, 5.41) is 3.32. The van der Waals surface area contributed by atoms with Crippen LogP contribution in [0.15, 0.2) is 36.4 Å². The van der Waals surface area contributed by atoms with E-state index < -0.39 is 0 Å². The van der Waals surface area contributed by atoms with Crippen molar-refractivity contribution in [2.45, 2.75) is 26.7 Å². The van der Waals surface area contributed by atoms with E-state index in [2.05, 4.69) is 31.1 Å². The van der Waals surface area contributed by atoms with Gasteiger partial charge in [-0.05, 0) is 48.2 Å². The molecule has 1 aromatic heterocycles. The van der Waals surface area contributed by atoms with Gasteiger partial charge in [0.1, 0.15) is 17.0 Å². The van der Waals surface area contributed by atoms with Crippen molar-refractivity contribution in [3.63, 3.8) is 0 Å². The zero-order valence-electron chi connectivity index (χ0n) is 15.3. The number of fused-ring (bicyclic) bond motifs is 1. The maximum atomic E-state index is 12.2. The quantitative estimate of drug-likeness (QED) is 0.680. The summed E-state index contributed by atoms with van der Waals surface area (Å²) >= 11 is 1.41. The number of anilines is 1. The first-order chi connectivity index (χ1) is 12.5. The molecule has 3 rings (SSSR count). The van der Waals surface area contributed by atoms with Gasteiger partial charge in [-0.3, -0.25) is 10.1 Å². The molecule has 5 nitrogen and oxygen atoms in total. The molecule has 0 radical (unpaired) electrons. The predicted molar refractivity (Wildman–Crippen MR) is 106 cm³/mol. The maximum absolute atomic E-state index is 12.2. The second-order valence-electron chi connectivity index (χ2n) is 6.34. The van der Waals surface area contributed by atoms with Gasteiger partial charge in [-0.2, -0.15) is 0 Å². The summed E-state index contributed by atoms with van der Waals surface area (Å²) in [6, 6.07) is 11.6. The van der Waals surface area contributed by atoms with E-state index in [1.807, 2.05) is 36.4 Å². The van der Waals surface area contributed by atoms with E-state index in [-0.39, 0.29) is 12.5 Å². The minimum Gasteiger partial charge on any atom is -0.494 e. The average Bonchev–Trinajstić information content (AvgIpc) is 3.01. The Kier molecular flexibility index (Phi) is 5.42. The maximum Gasteiger partial charge on any atom is 0.264 e. The number of hydrogen-bond donors (Lipinski definition) is 1. The molecule has 0 saturated heterocycles. The molecule has 0 aliphatic heterocycles. The zero-order chi connectivity index (χ0) is 18.7. The van der Waals surface area contributed by atoms with Gasteiger partial charge in [0.05, 0.1) is 11.8 Å². The van der Waals surface area contributed by atoms with E-state index >= 15 is 0 Å². The van der Waals surface area contributed by atoms with Crippen LogP contribution in [0.4, 0.5) is 5.13 Å². The summed E-state index contributed by atoms with van der Waals surface area (Å²) in [7, 11) is 1.60. The summed E-state index contributed by atoms with van der Waals surface area (Å²) in [5.74, 6) is 1.60. The smallest absolute Gasteiger partial charge is 0.264 e. The molecule has 6 heteroatoms. The summed E-state index contributed by atoms with van der Waals surface area (Å²) in [6.07, 6.45) is 0. The minimum atomic E-state index is -0.242. The van der Waals surface area contributed by atoms with Gasteiger partial charge >= 0.3 is 0 Å². The molecule has 0 spiro atoms. The normalized spacial score (nSPS) is 11.0. The molecular weight excluding hydrogens is 348 g/mol. The molecule has 1 amide bonds. The molecule has 136 valence electrons. The minimum absolute atomic E-state index is 0.0620. The lowest BCUT2D eigenvalue weighted by molar-refractivity contribution is -0.118. The lowest BCUT2D eigenvalue weighted by atomic mass is 9.98. The molecule has 26 heavy (non-hydrogen) atoms. The Morgan fingerprint density at radius 1 is 1.27 bits per heavy atom. The van der Waals surface area contributed by atoms with Crippen molar-refractivity contribution in [1.82, 2.24) is 4.98 Å². The molecule has 0 unspecified atom stereocenters. The molecule has 0 aliphatic carbocycles. The number of nitrogens with zero attached hydrogens (tertiary/aromatic N) is 1. The van der Waals surface area contributed by atoms with Crippen LogP contribution >= 0.6 is 11.3 Å². The van der Waals surface area contributed by atoms with Crippen LogP contribution in [0.5, 0.6) is 11.5 Å². The Hall–Kier alpha value is -2.60. The highest BCUT2D eigenvalue weighted by Gasteiger charge is 2.12. The highest BCUT2D eigenvalue weighted by Crippen LogP contribution is 2.32. The number of aryl methyl sites for hydroxylation is 1. The monoisotopic (exact) mass is 370 g/mol. The molecule has 0 aliphatic rings. The Balaban J connectivity index is 1.63. The summed E-state index contributed by atoms with van der Waals surface area (Å²) in [5.41, 5.74) is 3.19. The van der Waals surface area contributed by atoms with Crippen LogP contribution in [0.1, 0.15) is 30.9 Å². The van der Waals surface area contributed by atoms with Crippen molar-refractivity contribution in [2.75, 3.05) is 19.0 Å². The molecule has 0 atom stereocenters. The first kappa shape index (κ1) is 18.2. The highest BCUT2D eigenvalue weighted by molar-refractivity contribution is 7.22. The standard InChI is InChI=1S/C20H22N2O3S/c1-12(2)15-9-8-14(10-13(15)3)25-11-18(23)21-20-22-19-16(24-4)6-5-7-17(19)26-20/h5-10,12H,11H2,1-4H3,(H,21,22,23). The average molecular weight is 370 g/mol. The van der Waals surface area contributed by atoms with Gasteiger partial charge in [0.15, 0.2) is 11.7 Å². The number of ether oxygens (including phenoxy) is 2. The molecule has 0 fully saturated rings. The fourth-order valence-electron chi connectivity index (χ4n) is 2.83. The molecule has 0 saturated carbocycles. The van der Waals surface area contributed by atoms with Crippen molar-refractivity contribution >= 4 is 32.6 Å². The third-order valence-electron chi connectivity index (χ3n) is 4.08. The molecule has 0 bridgehead atoms. The third kappa shape index (κ3) is 3.96. The second kappa shape index (κ2) is 7.74. The first-order valence-electron chi connectivity index (χ1n) is 8.44. The van der Waals surface area contributed by atoms with Crippen LogP contribution in [0.25, 0.3) is 10.2 Å². The summed E-state index contributed by atoms with van der Waals surface area (Å²) in [6.45, 7) is 6.30. The van der Waals surface area contributed by atoms with Crippen LogP contribution in [0.2, 0.25) is 0 Å². The molecule has 1 N–H and O–H groups in total. The van der Waals surface area contributed by atoms with E-state index in [1.54, 1.807) is 7.11 Å². The van der Waals surface area contributed by atoms with E-state index in [0.29, 0.717) is 22.5 Å². The summed E-state index contributed by atoms with van der Waals surface area (Å²) < 4.78 is 11.9. The van der Waals surface area contributed by atoms with Crippen molar-refractivity contribution in [1.29, 1.82) is 0 Å². The lowest BCUT2D eigenvalue weighted by Crippen LogP contribution is -2.20. The van der Waals surface area contributed by atoms with Crippen molar-refractivity contribution < 1.29 is 14.3 Å². The summed E-state index contributed by atoms with van der Waals surface area (Å²) in [4.78, 5) is 16.6. The van der Waals surface area contributed by atoms with Crippen LogP contribution < -0.4 is 14.8 Å². The van der Waals surface area contributed by atoms with E-state index in [1.165, 1.54) is 16.9 Å². The molecule has 3 aromatic rings. The number of carbonyl (C=O) groups is 1. The number of carbonyl (C=O) groups excluding carboxylic acids is 1. The number of amides is 1. The lowest BCUT2D eigenvalue weighted by Gasteiger charge is -2.12. The van der Waals surface area contributed by atoms with Crippen molar-refractivity contribution in [2.24, 2.45) is 0 Å². The number of rotatable bonds is 6. The van der Waals surface area contributed by atoms with Crippen molar-refractivity contribution in [3.8, 4) is 11.5 Å². The largest absolute Gasteiger partial charge is 0.494 e. The number of hydrogen-bond acceptors (Lipinski definition) is 5. The van der Waals surface area contributed by atoms with Gasteiger partial charge in [0.25, 0.3) is 5.91 Å². The van der Waals surface area contributed by atoms with Gasteiger partial charge in [0.2, 0.25) is 0 Å². The first-order valence-corrected chi connectivity index (χ1v) is 9.26. The van der Waals surface area contributed by atoms with Gasteiger partial charge < -0.3 is 9.47 Å². The Bertz CT molecular complexity index is 934. The van der Waals surface area contributed by atoms with Gasteiger partial charge in [-0.25, -0.2) is 4.98 Å². The topological polar surface area (TPSA) is 60.5 Å². The van der Waals surface area contributed by atoms with E-state index in [0.717, 1.165) is 15.8 Å². The second-order valence-corrected chi connectivity index (χ2v) is 7.37. The number of thiazole rings is 1. The molecule has 2 aromatic carbocycles. The predicted octanol–water partition coefficient (Wildman–Crippen LogP) is 4.75. The van der Waals surface area contributed by atoms with Crippen LogP contribution in [-0.4, -0.2) is 24.6 Å². The highest BCUT2D eigenvalue weighted by atomic mass is 32.1. The Morgan fingerprint density at radius 3 is 2.77 bits per heavy atom. The van der Waals surface area contributed by atoms with Crippen LogP contribution in [0.3, 0.4) is 0 Å². The number of para-hydroxylation sites is 1. The number of nitrogens with one attached hydrogen (secondary N) is 1. The fourth-order valence-corrected chi connectivity index (χ4v) is 3.73. The zero-order valence-corrected chi connectivity index (χ0v) is 16.1. The number of aromatic nitrogens is 1. The number of benzene rings is 2. The van der Waals surface area contributed by atoms with Gasteiger partial charge in [-0.15, -0.1) is 0 Å². The van der Waals surface area contributed by atoms with Crippen LogP contribution in [0, 0.1) is 6.92 Å². The van der Waals surface area contributed by atoms with Gasteiger partial charge in [0, 0.05) is 0 Å². The van der Waals surface area contributed by atoms with E-state index in [9.17, 15) is 4.79 Å². The SMILES string of the molecule is COc1cccc2sc(NC(=O)COc3ccc(C(C)C)c(C)c3)nc12. The fraction of sp³-hybridized carbons (Fsp3) is 0.300. The number of methoxy groups -OCH3 is 1. The van der Waals surface area contributed by atoms with Gasteiger partial charge in [-0.1, -0.05) is 37.3 Å². The Labute approximate surface area is 157 Å². The molecular formula is C20H22N2O3S.